The predicted octanol–water partition coefficient (Wildman–Crippen LogP) is 2.73. The van der Waals surface area contributed by atoms with Crippen molar-refractivity contribution >= 4 is 21.8 Å². The van der Waals surface area contributed by atoms with Gasteiger partial charge in [-0.05, 0) is 37.3 Å². The normalized spacial score (nSPS) is 12.0. The van der Waals surface area contributed by atoms with E-state index in [0.717, 1.165) is 4.47 Å². The number of hydrogen-bond donors (Lipinski definition) is 2. The SMILES string of the molecule is CC(CO)NC(=O)c1ccc(COc2cccc(Br)c2)o1. The molecule has 1 heterocycles. The zero-order chi connectivity index (χ0) is 15.2. The molecule has 1 atom stereocenters. The highest BCUT2D eigenvalue weighted by atomic mass is 79.9. The van der Waals surface area contributed by atoms with E-state index in [1.165, 1.54) is 0 Å². The molecule has 1 aromatic carbocycles. The minimum atomic E-state index is -0.356. The van der Waals surface area contributed by atoms with Crippen LogP contribution in [0.5, 0.6) is 5.75 Å². The Labute approximate surface area is 131 Å². The van der Waals surface area contributed by atoms with E-state index in [1.54, 1.807) is 19.1 Å². The highest BCUT2D eigenvalue weighted by Gasteiger charge is 2.13. The second kappa shape index (κ2) is 7.28. The van der Waals surface area contributed by atoms with Crippen molar-refractivity contribution in [3.05, 3.63) is 52.4 Å². The summed E-state index contributed by atoms with van der Waals surface area (Å²) in [6, 6.07) is 10.4. The molecule has 1 amide bonds. The summed E-state index contributed by atoms with van der Waals surface area (Å²) in [6.07, 6.45) is 0. The van der Waals surface area contributed by atoms with Gasteiger partial charge in [0, 0.05) is 10.5 Å². The maximum atomic E-state index is 11.8. The van der Waals surface area contributed by atoms with E-state index >= 15 is 0 Å². The molecule has 0 aliphatic heterocycles. The fourth-order valence-corrected chi connectivity index (χ4v) is 2.01. The Bertz CT molecular complexity index is 611. The lowest BCUT2D eigenvalue weighted by atomic mass is 10.3. The molecule has 21 heavy (non-hydrogen) atoms. The van der Waals surface area contributed by atoms with Crippen LogP contribution in [0.4, 0.5) is 0 Å². The molecule has 0 fully saturated rings. The smallest absolute Gasteiger partial charge is 0.287 e. The molecule has 6 heteroatoms. The lowest BCUT2D eigenvalue weighted by Crippen LogP contribution is -2.34. The summed E-state index contributed by atoms with van der Waals surface area (Å²) in [5.41, 5.74) is 0. The van der Waals surface area contributed by atoms with Crippen LogP contribution in [-0.4, -0.2) is 23.7 Å². The second-order valence-corrected chi connectivity index (χ2v) is 5.48. The molecule has 5 nitrogen and oxygen atoms in total. The number of ether oxygens (including phenoxy) is 1. The molecule has 2 N–H and O–H groups in total. The third kappa shape index (κ3) is 4.61. The van der Waals surface area contributed by atoms with Crippen molar-refractivity contribution in [1.29, 1.82) is 0 Å². The molecule has 2 aromatic rings. The number of carbonyl (C=O) groups is 1. The van der Waals surface area contributed by atoms with Crippen molar-refractivity contribution in [2.24, 2.45) is 0 Å². The number of nitrogens with one attached hydrogen (secondary N) is 1. The molecule has 0 bridgehead atoms. The molecule has 1 aromatic heterocycles. The number of aliphatic hydroxyl groups excluding tert-OH is 1. The van der Waals surface area contributed by atoms with Crippen LogP contribution >= 0.6 is 15.9 Å². The van der Waals surface area contributed by atoms with Crippen molar-refractivity contribution in [1.82, 2.24) is 5.32 Å². The van der Waals surface area contributed by atoms with Crippen LogP contribution < -0.4 is 10.1 Å². The summed E-state index contributed by atoms with van der Waals surface area (Å²) in [7, 11) is 0. The van der Waals surface area contributed by atoms with Gasteiger partial charge in [-0.2, -0.15) is 0 Å². The molecular weight excluding hydrogens is 338 g/mol. The largest absolute Gasteiger partial charge is 0.486 e. The Balaban J connectivity index is 1.92. The van der Waals surface area contributed by atoms with Gasteiger partial charge in [0.05, 0.1) is 6.61 Å². The van der Waals surface area contributed by atoms with Gasteiger partial charge in [0.1, 0.15) is 18.1 Å². The second-order valence-electron chi connectivity index (χ2n) is 4.57. The van der Waals surface area contributed by atoms with E-state index in [4.69, 9.17) is 14.3 Å². The van der Waals surface area contributed by atoms with Crippen LogP contribution in [0.1, 0.15) is 23.2 Å². The first-order valence-corrected chi connectivity index (χ1v) is 7.26. The Hall–Kier alpha value is -1.79. The van der Waals surface area contributed by atoms with E-state index in [2.05, 4.69) is 21.2 Å². The topological polar surface area (TPSA) is 71.7 Å². The van der Waals surface area contributed by atoms with Gasteiger partial charge < -0.3 is 19.6 Å². The number of halogens is 1. The van der Waals surface area contributed by atoms with Crippen LogP contribution in [0.15, 0.2) is 45.3 Å². The predicted molar refractivity (Wildman–Crippen MR) is 81.2 cm³/mol. The van der Waals surface area contributed by atoms with Gasteiger partial charge in [-0.15, -0.1) is 0 Å². The molecular formula is C15H16BrNO4. The number of benzene rings is 1. The Morgan fingerprint density at radius 2 is 2.24 bits per heavy atom. The molecule has 0 aliphatic rings. The maximum Gasteiger partial charge on any atom is 0.287 e. The van der Waals surface area contributed by atoms with Gasteiger partial charge in [0.25, 0.3) is 5.91 Å². The number of furan rings is 1. The first kappa shape index (κ1) is 15.6. The quantitative estimate of drug-likeness (QED) is 0.837. The molecule has 0 spiro atoms. The van der Waals surface area contributed by atoms with Crippen molar-refractivity contribution in [2.75, 3.05) is 6.61 Å². The van der Waals surface area contributed by atoms with Crippen molar-refractivity contribution in [3.63, 3.8) is 0 Å². The van der Waals surface area contributed by atoms with E-state index in [0.29, 0.717) is 11.5 Å². The van der Waals surface area contributed by atoms with Crippen LogP contribution in [-0.2, 0) is 6.61 Å². The summed E-state index contributed by atoms with van der Waals surface area (Å²) in [5.74, 6) is 1.10. The maximum absolute atomic E-state index is 11.8. The zero-order valence-corrected chi connectivity index (χ0v) is 13.1. The molecule has 0 saturated heterocycles. The highest BCUT2D eigenvalue weighted by Crippen LogP contribution is 2.19. The van der Waals surface area contributed by atoms with Gasteiger partial charge >= 0.3 is 0 Å². The zero-order valence-electron chi connectivity index (χ0n) is 11.5. The van der Waals surface area contributed by atoms with Crippen molar-refractivity contribution in [2.45, 2.75) is 19.6 Å². The highest BCUT2D eigenvalue weighted by molar-refractivity contribution is 9.10. The van der Waals surface area contributed by atoms with Crippen molar-refractivity contribution < 1.29 is 19.1 Å². The fraction of sp³-hybridized carbons (Fsp3) is 0.267. The number of aliphatic hydroxyl groups is 1. The average Bonchev–Trinajstić information content (AvgIpc) is 2.94. The Kier molecular flexibility index (Phi) is 5.41. The first-order valence-electron chi connectivity index (χ1n) is 6.47. The van der Waals surface area contributed by atoms with Crippen molar-refractivity contribution in [3.8, 4) is 5.75 Å². The minimum absolute atomic E-state index is 0.120. The standard InChI is InChI=1S/C15H16BrNO4/c1-10(8-18)17-15(19)14-6-5-13(21-14)9-20-12-4-2-3-11(16)7-12/h2-7,10,18H,8-9H2,1H3,(H,17,19). The molecule has 1 unspecified atom stereocenters. The number of amides is 1. The molecule has 0 radical (unpaired) electrons. The van der Waals surface area contributed by atoms with Gasteiger partial charge in [-0.3, -0.25) is 4.79 Å². The van der Waals surface area contributed by atoms with Crippen LogP contribution in [0.2, 0.25) is 0 Å². The summed E-state index contributed by atoms with van der Waals surface area (Å²) in [5, 5.41) is 11.5. The number of carbonyl (C=O) groups excluding carboxylic acids is 1. The Morgan fingerprint density at radius 1 is 1.43 bits per heavy atom. The summed E-state index contributed by atoms with van der Waals surface area (Å²) in [4.78, 5) is 11.8. The number of rotatable bonds is 6. The minimum Gasteiger partial charge on any atom is -0.486 e. The molecule has 112 valence electrons. The summed E-state index contributed by atoms with van der Waals surface area (Å²) >= 11 is 3.36. The molecule has 0 saturated carbocycles. The van der Waals surface area contributed by atoms with Crippen LogP contribution in [0.3, 0.4) is 0 Å². The van der Waals surface area contributed by atoms with E-state index < -0.39 is 0 Å². The van der Waals surface area contributed by atoms with E-state index in [-0.39, 0.29) is 30.9 Å². The van der Waals surface area contributed by atoms with Gasteiger partial charge in [-0.1, -0.05) is 22.0 Å². The van der Waals surface area contributed by atoms with Crippen LogP contribution in [0, 0.1) is 0 Å². The Morgan fingerprint density at radius 3 is 2.95 bits per heavy atom. The lowest BCUT2D eigenvalue weighted by molar-refractivity contribution is 0.0890. The van der Waals surface area contributed by atoms with E-state index in [1.807, 2.05) is 24.3 Å². The lowest BCUT2D eigenvalue weighted by Gasteiger charge is -2.08. The first-order chi connectivity index (χ1) is 10.1. The number of hydrogen-bond acceptors (Lipinski definition) is 4. The third-order valence-corrected chi connectivity index (χ3v) is 3.21. The molecule has 0 aliphatic carbocycles. The average molecular weight is 354 g/mol. The summed E-state index contributed by atoms with van der Waals surface area (Å²) < 4.78 is 11.9. The van der Waals surface area contributed by atoms with E-state index in [9.17, 15) is 4.79 Å². The summed E-state index contributed by atoms with van der Waals surface area (Å²) in [6.45, 7) is 1.82. The molecule has 2 rings (SSSR count). The third-order valence-electron chi connectivity index (χ3n) is 2.71. The monoisotopic (exact) mass is 353 g/mol. The van der Waals surface area contributed by atoms with Gasteiger partial charge in [-0.25, -0.2) is 0 Å². The van der Waals surface area contributed by atoms with Gasteiger partial charge in [0.15, 0.2) is 5.76 Å². The fourth-order valence-electron chi connectivity index (χ4n) is 1.63. The van der Waals surface area contributed by atoms with Gasteiger partial charge in [0.2, 0.25) is 0 Å². The van der Waals surface area contributed by atoms with Crippen LogP contribution in [0.25, 0.3) is 0 Å².